The van der Waals surface area contributed by atoms with Crippen molar-refractivity contribution in [2.24, 2.45) is 0 Å². The summed E-state index contributed by atoms with van der Waals surface area (Å²) >= 11 is 5.10. The van der Waals surface area contributed by atoms with Crippen LogP contribution in [0.3, 0.4) is 0 Å². The summed E-state index contributed by atoms with van der Waals surface area (Å²) in [5, 5.41) is 5.57. The molecule has 1 amide bonds. The van der Waals surface area contributed by atoms with Crippen LogP contribution < -0.4 is 15.4 Å². The van der Waals surface area contributed by atoms with Gasteiger partial charge in [-0.25, -0.2) is 4.79 Å². The van der Waals surface area contributed by atoms with E-state index in [1.54, 1.807) is 37.5 Å². The molecule has 0 unspecified atom stereocenters. The highest BCUT2D eigenvalue weighted by Crippen LogP contribution is 2.12. The Morgan fingerprint density at radius 3 is 2.23 bits per heavy atom. The molecular weight excluding hydrogens is 352 g/mol. The first-order chi connectivity index (χ1) is 12.5. The highest BCUT2D eigenvalue weighted by atomic mass is 32.1. The summed E-state index contributed by atoms with van der Waals surface area (Å²) in [5.41, 5.74) is 1.93. The van der Waals surface area contributed by atoms with Crippen LogP contribution in [-0.4, -0.2) is 31.2 Å². The minimum Gasteiger partial charge on any atom is -0.497 e. The van der Waals surface area contributed by atoms with E-state index in [9.17, 15) is 9.59 Å². The minimum absolute atomic E-state index is 0.153. The molecule has 26 heavy (non-hydrogen) atoms. The van der Waals surface area contributed by atoms with Gasteiger partial charge in [0.05, 0.1) is 19.8 Å². The van der Waals surface area contributed by atoms with E-state index in [2.05, 4.69) is 15.4 Å². The summed E-state index contributed by atoms with van der Waals surface area (Å²) in [6.45, 7) is 0. The van der Waals surface area contributed by atoms with E-state index in [1.807, 2.05) is 24.3 Å². The van der Waals surface area contributed by atoms with Gasteiger partial charge >= 0.3 is 5.97 Å². The topological polar surface area (TPSA) is 76.7 Å². The first-order valence-electron chi connectivity index (χ1n) is 7.64. The second-order valence-corrected chi connectivity index (χ2v) is 5.53. The predicted octanol–water partition coefficient (Wildman–Crippen LogP) is 3.01. The van der Waals surface area contributed by atoms with Gasteiger partial charge in [-0.05, 0) is 60.3 Å². The number of nitrogens with one attached hydrogen (secondary N) is 2. The fourth-order valence-corrected chi connectivity index (χ4v) is 2.23. The van der Waals surface area contributed by atoms with E-state index in [-0.39, 0.29) is 11.0 Å². The standard InChI is InChI=1S/C19H18N2O4S/c1-24-16-10-3-13(4-11-16)5-12-17(22)21-19(26)20-15-8-6-14(7-9-15)18(23)25-2/h3-12H,1-2H3,(H2,20,21,22,26)/b12-5-. The number of thiocarbonyl (C=S) groups is 1. The van der Waals surface area contributed by atoms with Gasteiger partial charge in [0.1, 0.15) is 5.75 Å². The molecule has 2 aromatic rings. The van der Waals surface area contributed by atoms with Gasteiger partial charge in [0.15, 0.2) is 5.11 Å². The molecule has 0 bridgehead atoms. The van der Waals surface area contributed by atoms with Crippen LogP contribution in [0.25, 0.3) is 6.08 Å². The molecule has 0 radical (unpaired) electrons. The number of methoxy groups -OCH3 is 2. The van der Waals surface area contributed by atoms with E-state index >= 15 is 0 Å². The zero-order valence-corrected chi connectivity index (χ0v) is 15.1. The highest BCUT2D eigenvalue weighted by Gasteiger charge is 2.06. The fourth-order valence-electron chi connectivity index (χ4n) is 2.01. The van der Waals surface area contributed by atoms with Crippen LogP contribution >= 0.6 is 12.2 Å². The van der Waals surface area contributed by atoms with Crippen molar-refractivity contribution in [3.05, 3.63) is 65.7 Å². The third-order valence-corrected chi connectivity index (χ3v) is 3.55. The quantitative estimate of drug-likeness (QED) is 0.479. The predicted molar refractivity (Wildman–Crippen MR) is 104 cm³/mol. The monoisotopic (exact) mass is 370 g/mol. The number of anilines is 1. The molecule has 0 atom stereocenters. The third kappa shape index (κ3) is 5.71. The van der Waals surface area contributed by atoms with E-state index < -0.39 is 5.97 Å². The number of ether oxygens (including phenoxy) is 2. The lowest BCUT2D eigenvalue weighted by molar-refractivity contribution is -0.115. The Kier molecular flexibility index (Phi) is 6.87. The lowest BCUT2D eigenvalue weighted by Gasteiger charge is -2.08. The molecule has 6 nitrogen and oxygen atoms in total. The summed E-state index contributed by atoms with van der Waals surface area (Å²) in [7, 11) is 2.91. The SMILES string of the molecule is COC(=O)c1ccc(NC(=S)NC(=O)/C=C\c2ccc(OC)cc2)cc1. The Morgan fingerprint density at radius 1 is 1.00 bits per heavy atom. The van der Waals surface area contributed by atoms with Crippen LogP contribution in [-0.2, 0) is 9.53 Å². The van der Waals surface area contributed by atoms with Crippen molar-refractivity contribution in [3.63, 3.8) is 0 Å². The average Bonchev–Trinajstić information content (AvgIpc) is 2.66. The van der Waals surface area contributed by atoms with Crippen molar-refractivity contribution >= 4 is 41.0 Å². The molecule has 0 fully saturated rings. The molecule has 2 rings (SSSR count). The molecule has 2 N–H and O–H groups in total. The van der Waals surface area contributed by atoms with Gasteiger partial charge in [-0.1, -0.05) is 12.1 Å². The number of carbonyl (C=O) groups is 2. The van der Waals surface area contributed by atoms with E-state index in [4.69, 9.17) is 17.0 Å². The summed E-state index contributed by atoms with van der Waals surface area (Å²) in [4.78, 5) is 23.3. The number of benzene rings is 2. The first kappa shape index (κ1) is 19.1. The molecule has 0 heterocycles. The summed E-state index contributed by atoms with van der Waals surface area (Å²) in [6.07, 6.45) is 3.05. The highest BCUT2D eigenvalue weighted by molar-refractivity contribution is 7.80. The maximum atomic E-state index is 11.9. The Labute approximate surface area is 156 Å². The van der Waals surface area contributed by atoms with Crippen molar-refractivity contribution in [1.29, 1.82) is 0 Å². The Morgan fingerprint density at radius 2 is 1.65 bits per heavy atom. The molecule has 2 aromatic carbocycles. The maximum absolute atomic E-state index is 11.9. The molecule has 0 saturated heterocycles. The number of amides is 1. The van der Waals surface area contributed by atoms with Gasteiger partial charge in [0, 0.05) is 11.8 Å². The van der Waals surface area contributed by atoms with Crippen molar-refractivity contribution in [1.82, 2.24) is 5.32 Å². The van der Waals surface area contributed by atoms with Crippen molar-refractivity contribution < 1.29 is 19.1 Å². The summed E-state index contributed by atoms with van der Waals surface area (Å²) in [6, 6.07) is 13.8. The molecule has 0 aliphatic rings. The van der Waals surface area contributed by atoms with E-state index in [0.717, 1.165) is 11.3 Å². The number of carbonyl (C=O) groups excluding carboxylic acids is 2. The third-order valence-electron chi connectivity index (χ3n) is 3.34. The lowest BCUT2D eigenvalue weighted by atomic mass is 10.2. The van der Waals surface area contributed by atoms with Gasteiger partial charge < -0.3 is 14.8 Å². The van der Waals surface area contributed by atoms with Gasteiger partial charge in [0.25, 0.3) is 0 Å². The summed E-state index contributed by atoms with van der Waals surface area (Å²) in [5.74, 6) is -0.0317. The first-order valence-corrected chi connectivity index (χ1v) is 8.05. The zero-order valence-electron chi connectivity index (χ0n) is 14.3. The molecule has 0 aromatic heterocycles. The molecule has 0 saturated carbocycles. The number of hydrogen-bond donors (Lipinski definition) is 2. The lowest BCUT2D eigenvalue weighted by Crippen LogP contribution is -2.32. The van der Waals surface area contributed by atoms with Crippen molar-refractivity contribution in [2.45, 2.75) is 0 Å². The fraction of sp³-hybridized carbons (Fsp3) is 0.105. The molecular formula is C19H18N2O4S. The number of hydrogen-bond acceptors (Lipinski definition) is 5. The smallest absolute Gasteiger partial charge is 0.337 e. The van der Waals surface area contributed by atoms with Crippen LogP contribution in [0, 0.1) is 0 Å². The van der Waals surface area contributed by atoms with Gasteiger partial charge in [-0.3, -0.25) is 10.1 Å². The molecule has 134 valence electrons. The Hall–Kier alpha value is -3.19. The number of esters is 1. The van der Waals surface area contributed by atoms with Gasteiger partial charge in [-0.2, -0.15) is 0 Å². The molecule has 7 heteroatoms. The average molecular weight is 370 g/mol. The van der Waals surface area contributed by atoms with Crippen molar-refractivity contribution in [3.8, 4) is 5.75 Å². The zero-order chi connectivity index (χ0) is 18.9. The second kappa shape index (κ2) is 9.33. The van der Waals surface area contributed by atoms with E-state index in [1.165, 1.54) is 13.2 Å². The second-order valence-electron chi connectivity index (χ2n) is 5.12. The minimum atomic E-state index is -0.420. The van der Waals surface area contributed by atoms with Gasteiger partial charge in [0.2, 0.25) is 5.91 Å². The largest absolute Gasteiger partial charge is 0.497 e. The van der Waals surface area contributed by atoms with Crippen LogP contribution in [0.5, 0.6) is 5.75 Å². The number of rotatable bonds is 5. The Bertz CT molecular complexity index is 814. The van der Waals surface area contributed by atoms with Crippen molar-refractivity contribution in [2.75, 3.05) is 19.5 Å². The van der Waals surface area contributed by atoms with Gasteiger partial charge in [-0.15, -0.1) is 0 Å². The molecule has 0 aliphatic carbocycles. The van der Waals surface area contributed by atoms with Crippen LogP contribution in [0.1, 0.15) is 15.9 Å². The van der Waals surface area contributed by atoms with Crippen LogP contribution in [0.15, 0.2) is 54.6 Å². The molecule has 0 spiro atoms. The van der Waals surface area contributed by atoms with Crippen LogP contribution in [0.4, 0.5) is 5.69 Å². The summed E-state index contributed by atoms with van der Waals surface area (Å²) < 4.78 is 9.71. The normalized spacial score (nSPS) is 10.2. The maximum Gasteiger partial charge on any atom is 0.337 e. The van der Waals surface area contributed by atoms with E-state index in [0.29, 0.717) is 11.3 Å². The van der Waals surface area contributed by atoms with Crippen LogP contribution in [0.2, 0.25) is 0 Å². The molecule has 0 aliphatic heterocycles. The Balaban J connectivity index is 1.87.